The van der Waals surface area contributed by atoms with Gasteiger partial charge < -0.3 is 30.3 Å². The van der Waals surface area contributed by atoms with Gasteiger partial charge in [-0.05, 0) is 35.1 Å². The van der Waals surface area contributed by atoms with E-state index in [0.717, 1.165) is 22.3 Å². The van der Waals surface area contributed by atoms with E-state index >= 15 is 0 Å². The second-order valence-corrected chi connectivity index (χ2v) is 9.07. The van der Waals surface area contributed by atoms with Crippen molar-refractivity contribution >= 4 is 18.0 Å². The van der Waals surface area contributed by atoms with Crippen molar-refractivity contribution in [1.29, 1.82) is 0 Å². The predicted molar refractivity (Wildman–Crippen MR) is 127 cm³/mol. The summed E-state index contributed by atoms with van der Waals surface area (Å²) in [6, 6.07) is 14.2. The van der Waals surface area contributed by atoms with Crippen LogP contribution in [-0.2, 0) is 14.3 Å². The van der Waals surface area contributed by atoms with Gasteiger partial charge in [-0.2, -0.15) is 0 Å². The molecule has 1 heterocycles. The van der Waals surface area contributed by atoms with Crippen LogP contribution in [-0.4, -0.2) is 76.6 Å². The van der Waals surface area contributed by atoms with Crippen molar-refractivity contribution in [2.75, 3.05) is 26.4 Å². The maximum absolute atomic E-state index is 13.2. The largest absolute Gasteiger partial charge is 0.481 e. The maximum Gasteiger partial charge on any atom is 0.407 e. The number of likely N-dealkylation sites (tertiary alicyclic amines) is 1. The molecule has 0 aromatic heterocycles. The van der Waals surface area contributed by atoms with Gasteiger partial charge in [0.25, 0.3) is 0 Å². The van der Waals surface area contributed by atoms with Crippen molar-refractivity contribution in [2.24, 2.45) is 5.92 Å². The molecule has 1 fully saturated rings. The third kappa shape index (κ3) is 5.31. The molecule has 186 valence electrons. The fraction of sp³-hybridized carbons (Fsp3) is 0.423. The number of carboxylic acid groups (broad SMARTS) is 1. The highest BCUT2D eigenvalue weighted by Gasteiger charge is 2.38. The predicted octanol–water partition coefficient (Wildman–Crippen LogP) is 1.96. The number of hydrogen-bond acceptors (Lipinski definition) is 6. The third-order valence-corrected chi connectivity index (χ3v) is 6.83. The number of amides is 2. The lowest BCUT2D eigenvalue weighted by atomic mass is 9.98. The van der Waals surface area contributed by atoms with Crippen molar-refractivity contribution < 1.29 is 34.4 Å². The van der Waals surface area contributed by atoms with Crippen LogP contribution in [0.3, 0.4) is 0 Å². The van der Waals surface area contributed by atoms with Gasteiger partial charge in [-0.25, -0.2) is 4.79 Å². The molecule has 9 heteroatoms. The number of alkyl carbamates (subject to hydrolysis) is 1. The summed E-state index contributed by atoms with van der Waals surface area (Å²) in [5.74, 6) is -1.91. The molecule has 0 spiro atoms. The van der Waals surface area contributed by atoms with E-state index in [9.17, 15) is 24.6 Å². The SMILES string of the molecule is O=C(O)CCC(NC(=O)OCC1c2ccccc2-c2ccccc21)C(=O)N1CC(CO)CC1CO. The molecule has 2 aromatic carbocycles. The Morgan fingerprint density at radius 2 is 1.63 bits per heavy atom. The first-order valence-corrected chi connectivity index (χ1v) is 11.8. The summed E-state index contributed by atoms with van der Waals surface area (Å²) in [4.78, 5) is 38.5. The Bertz CT molecular complexity index is 1040. The van der Waals surface area contributed by atoms with Crippen molar-refractivity contribution in [1.82, 2.24) is 10.2 Å². The van der Waals surface area contributed by atoms with Gasteiger partial charge in [-0.15, -0.1) is 0 Å². The molecule has 2 aliphatic rings. The van der Waals surface area contributed by atoms with E-state index in [1.54, 1.807) is 0 Å². The number of aliphatic hydroxyl groups excluding tert-OH is 2. The van der Waals surface area contributed by atoms with Crippen LogP contribution in [0.1, 0.15) is 36.3 Å². The molecular weight excluding hydrogens is 452 g/mol. The minimum atomic E-state index is -1.12. The molecule has 0 radical (unpaired) electrons. The van der Waals surface area contributed by atoms with Crippen LogP contribution < -0.4 is 5.32 Å². The minimum absolute atomic E-state index is 0.0647. The molecule has 0 saturated carbocycles. The Hall–Kier alpha value is -3.43. The number of carbonyl (C=O) groups is 3. The molecule has 4 rings (SSSR count). The fourth-order valence-electron chi connectivity index (χ4n) is 5.10. The number of ether oxygens (including phenoxy) is 1. The second kappa shape index (κ2) is 10.9. The van der Waals surface area contributed by atoms with E-state index in [1.807, 2.05) is 48.5 Å². The van der Waals surface area contributed by atoms with Gasteiger partial charge in [-0.3, -0.25) is 9.59 Å². The molecule has 35 heavy (non-hydrogen) atoms. The van der Waals surface area contributed by atoms with E-state index in [1.165, 1.54) is 4.90 Å². The Kier molecular flexibility index (Phi) is 7.67. The number of carbonyl (C=O) groups excluding carboxylic acids is 2. The molecule has 4 N–H and O–H groups in total. The normalized spacial score (nSPS) is 19.7. The highest BCUT2D eigenvalue weighted by molar-refractivity contribution is 5.87. The van der Waals surface area contributed by atoms with Crippen LogP contribution in [0.25, 0.3) is 11.1 Å². The molecule has 1 aliphatic heterocycles. The van der Waals surface area contributed by atoms with E-state index in [0.29, 0.717) is 6.42 Å². The van der Waals surface area contributed by atoms with Crippen LogP contribution in [0.5, 0.6) is 0 Å². The zero-order chi connectivity index (χ0) is 24.9. The highest BCUT2D eigenvalue weighted by atomic mass is 16.5. The van der Waals surface area contributed by atoms with E-state index in [4.69, 9.17) is 9.84 Å². The second-order valence-electron chi connectivity index (χ2n) is 9.07. The summed E-state index contributed by atoms with van der Waals surface area (Å²) in [6.45, 7) is -0.107. The molecule has 1 saturated heterocycles. The molecule has 9 nitrogen and oxygen atoms in total. The quantitative estimate of drug-likeness (QED) is 0.429. The summed E-state index contributed by atoms with van der Waals surface area (Å²) in [7, 11) is 0. The zero-order valence-electron chi connectivity index (χ0n) is 19.3. The van der Waals surface area contributed by atoms with Gasteiger partial charge in [0.2, 0.25) is 5.91 Å². The number of aliphatic hydroxyl groups is 2. The number of aliphatic carboxylic acids is 1. The Labute approximate surface area is 203 Å². The molecule has 2 aromatic rings. The van der Waals surface area contributed by atoms with E-state index < -0.39 is 30.1 Å². The lowest BCUT2D eigenvalue weighted by molar-refractivity contribution is -0.138. The monoisotopic (exact) mass is 482 g/mol. The summed E-state index contributed by atoms with van der Waals surface area (Å²) in [5.41, 5.74) is 4.29. The van der Waals surface area contributed by atoms with Crippen molar-refractivity contribution in [3.05, 3.63) is 59.7 Å². The van der Waals surface area contributed by atoms with Gasteiger partial charge in [0, 0.05) is 31.4 Å². The number of fused-ring (bicyclic) bond motifs is 3. The number of rotatable bonds is 9. The number of nitrogens with zero attached hydrogens (tertiary/aromatic N) is 1. The Balaban J connectivity index is 1.44. The van der Waals surface area contributed by atoms with Crippen molar-refractivity contribution in [3.63, 3.8) is 0 Å². The van der Waals surface area contributed by atoms with Crippen molar-refractivity contribution in [2.45, 2.75) is 37.3 Å². The van der Waals surface area contributed by atoms with E-state index in [2.05, 4.69) is 5.32 Å². The van der Waals surface area contributed by atoms with Crippen LogP contribution in [0, 0.1) is 5.92 Å². The first-order valence-electron chi connectivity index (χ1n) is 11.8. The van der Waals surface area contributed by atoms with E-state index in [-0.39, 0.29) is 51.0 Å². The van der Waals surface area contributed by atoms with Crippen LogP contribution in [0.15, 0.2) is 48.5 Å². The Morgan fingerprint density at radius 1 is 1.00 bits per heavy atom. The topological polar surface area (TPSA) is 136 Å². The van der Waals surface area contributed by atoms with Gasteiger partial charge in [-0.1, -0.05) is 48.5 Å². The maximum atomic E-state index is 13.2. The molecular formula is C26H30N2O7. The summed E-state index contributed by atoms with van der Waals surface area (Å²) in [6.07, 6.45) is -0.804. The van der Waals surface area contributed by atoms with Crippen LogP contribution in [0.2, 0.25) is 0 Å². The number of nitrogens with one attached hydrogen (secondary N) is 1. The smallest absolute Gasteiger partial charge is 0.407 e. The Morgan fingerprint density at radius 3 is 2.20 bits per heavy atom. The lowest BCUT2D eigenvalue weighted by Crippen LogP contribution is -2.51. The van der Waals surface area contributed by atoms with Gasteiger partial charge in [0.15, 0.2) is 0 Å². The molecule has 3 unspecified atom stereocenters. The number of hydrogen-bond donors (Lipinski definition) is 4. The highest BCUT2D eigenvalue weighted by Crippen LogP contribution is 2.44. The summed E-state index contributed by atoms with van der Waals surface area (Å²) < 4.78 is 5.53. The fourth-order valence-corrected chi connectivity index (χ4v) is 5.10. The average Bonchev–Trinajstić information content (AvgIpc) is 3.44. The van der Waals surface area contributed by atoms with Gasteiger partial charge in [0.05, 0.1) is 12.6 Å². The molecule has 0 bridgehead atoms. The average molecular weight is 483 g/mol. The summed E-state index contributed by atoms with van der Waals surface area (Å²) >= 11 is 0. The molecule has 3 atom stereocenters. The first-order chi connectivity index (χ1) is 16.9. The van der Waals surface area contributed by atoms with Gasteiger partial charge in [0.1, 0.15) is 12.6 Å². The first kappa shape index (κ1) is 24.7. The number of benzene rings is 2. The van der Waals surface area contributed by atoms with Crippen LogP contribution >= 0.6 is 0 Å². The number of carboxylic acids is 1. The lowest BCUT2D eigenvalue weighted by Gasteiger charge is -2.28. The molecule has 2 amide bonds. The minimum Gasteiger partial charge on any atom is -0.481 e. The zero-order valence-corrected chi connectivity index (χ0v) is 19.3. The van der Waals surface area contributed by atoms with Crippen molar-refractivity contribution in [3.8, 4) is 11.1 Å². The van der Waals surface area contributed by atoms with Crippen LogP contribution in [0.4, 0.5) is 4.79 Å². The molecule has 1 aliphatic carbocycles. The third-order valence-electron chi connectivity index (χ3n) is 6.83. The van der Waals surface area contributed by atoms with Gasteiger partial charge >= 0.3 is 12.1 Å². The standard InChI is InChI=1S/C26H30N2O7/c29-13-16-11-17(14-30)28(12-16)25(33)23(9-10-24(31)32)27-26(34)35-15-22-20-7-3-1-5-18(20)19-6-2-4-8-21(19)22/h1-8,16-17,22-23,29-30H,9-15H2,(H,27,34)(H,31,32). The summed E-state index contributed by atoms with van der Waals surface area (Å²) in [5, 5.41) is 30.8.